The number of nitrogens with zero attached hydrogens (tertiary/aromatic N) is 2. The fourth-order valence-electron chi connectivity index (χ4n) is 3.79. The van der Waals surface area contributed by atoms with Crippen LogP contribution in [0.4, 0.5) is 10.1 Å². The molecule has 4 nitrogen and oxygen atoms in total. The number of benzene rings is 2. The SMILES string of the molecule is O=C1C(Cc2ccc(F)cc2)CN1c1ccc2c(c1)COc1cnccc1-2. The third-order valence-electron chi connectivity index (χ3n) is 5.27. The summed E-state index contributed by atoms with van der Waals surface area (Å²) in [4.78, 5) is 18.5. The molecular formula is C22H17FN2O2. The Morgan fingerprint density at radius 1 is 1.11 bits per heavy atom. The normalized spacial score (nSPS) is 17.6. The van der Waals surface area contributed by atoms with Crippen LogP contribution >= 0.6 is 0 Å². The van der Waals surface area contributed by atoms with Crippen LogP contribution in [0.25, 0.3) is 11.1 Å². The summed E-state index contributed by atoms with van der Waals surface area (Å²) < 4.78 is 18.8. The first-order valence-corrected chi connectivity index (χ1v) is 8.95. The maximum Gasteiger partial charge on any atom is 0.232 e. The van der Waals surface area contributed by atoms with Gasteiger partial charge in [0.25, 0.3) is 0 Å². The predicted octanol–water partition coefficient (Wildman–Crippen LogP) is 3.99. The Kier molecular flexibility index (Phi) is 3.67. The fourth-order valence-corrected chi connectivity index (χ4v) is 3.79. The molecule has 0 radical (unpaired) electrons. The molecule has 2 aliphatic heterocycles. The quantitative estimate of drug-likeness (QED) is 0.664. The number of pyridine rings is 1. The molecule has 1 fully saturated rings. The number of rotatable bonds is 3. The van der Waals surface area contributed by atoms with Crippen molar-refractivity contribution < 1.29 is 13.9 Å². The van der Waals surface area contributed by atoms with E-state index in [0.717, 1.165) is 33.7 Å². The van der Waals surface area contributed by atoms with Gasteiger partial charge in [0.2, 0.25) is 5.91 Å². The second-order valence-corrected chi connectivity index (χ2v) is 6.98. The first-order chi connectivity index (χ1) is 13.2. The zero-order valence-electron chi connectivity index (χ0n) is 14.6. The number of carbonyl (C=O) groups is 1. The number of ether oxygens (including phenoxy) is 1. The number of anilines is 1. The molecule has 3 heterocycles. The van der Waals surface area contributed by atoms with E-state index in [0.29, 0.717) is 19.6 Å². The van der Waals surface area contributed by atoms with Gasteiger partial charge in [-0.15, -0.1) is 0 Å². The highest BCUT2D eigenvalue weighted by atomic mass is 19.1. The van der Waals surface area contributed by atoms with E-state index in [1.165, 1.54) is 12.1 Å². The van der Waals surface area contributed by atoms with Gasteiger partial charge in [0.1, 0.15) is 18.2 Å². The van der Waals surface area contributed by atoms with Crippen LogP contribution in [0.1, 0.15) is 11.1 Å². The second kappa shape index (κ2) is 6.20. The van der Waals surface area contributed by atoms with E-state index in [9.17, 15) is 9.18 Å². The Hall–Kier alpha value is -3.21. The van der Waals surface area contributed by atoms with E-state index in [2.05, 4.69) is 4.98 Å². The Morgan fingerprint density at radius 3 is 2.78 bits per heavy atom. The highest BCUT2D eigenvalue weighted by Crippen LogP contribution is 2.39. The number of aromatic nitrogens is 1. The summed E-state index contributed by atoms with van der Waals surface area (Å²) in [6, 6.07) is 14.4. The van der Waals surface area contributed by atoms with Gasteiger partial charge in [-0.05, 0) is 53.4 Å². The van der Waals surface area contributed by atoms with Gasteiger partial charge in [-0.3, -0.25) is 9.78 Å². The zero-order valence-corrected chi connectivity index (χ0v) is 14.6. The van der Waals surface area contributed by atoms with Crippen LogP contribution in [-0.2, 0) is 17.8 Å². The number of β-lactam (4-membered cyclic amide) rings is 1. The molecule has 1 atom stereocenters. The molecule has 0 bridgehead atoms. The van der Waals surface area contributed by atoms with E-state index in [-0.39, 0.29) is 17.6 Å². The molecule has 0 spiro atoms. The minimum atomic E-state index is -0.256. The number of fused-ring (bicyclic) bond motifs is 3. The average molecular weight is 360 g/mol. The lowest BCUT2D eigenvalue weighted by molar-refractivity contribution is -0.127. The highest BCUT2D eigenvalue weighted by molar-refractivity contribution is 6.02. The van der Waals surface area contributed by atoms with E-state index in [1.54, 1.807) is 29.4 Å². The van der Waals surface area contributed by atoms with Gasteiger partial charge in [0, 0.05) is 24.0 Å². The van der Waals surface area contributed by atoms with Crippen molar-refractivity contribution in [1.82, 2.24) is 4.98 Å². The maximum atomic E-state index is 13.0. The minimum Gasteiger partial charge on any atom is -0.487 e. The van der Waals surface area contributed by atoms with Gasteiger partial charge in [0.05, 0.1) is 12.1 Å². The van der Waals surface area contributed by atoms with Crippen molar-refractivity contribution in [2.45, 2.75) is 13.0 Å². The van der Waals surface area contributed by atoms with E-state index in [1.807, 2.05) is 24.3 Å². The first kappa shape index (κ1) is 16.0. The van der Waals surface area contributed by atoms with Gasteiger partial charge in [-0.2, -0.15) is 0 Å². The lowest BCUT2D eigenvalue weighted by Crippen LogP contribution is -2.53. The molecule has 27 heavy (non-hydrogen) atoms. The van der Waals surface area contributed by atoms with Crippen molar-refractivity contribution in [3.05, 3.63) is 77.9 Å². The molecule has 2 aromatic carbocycles. The number of carbonyl (C=O) groups excluding carboxylic acids is 1. The van der Waals surface area contributed by atoms with Gasteiger partial charge in [-0.1, -0.05) is 18.2 Å². The molecule has 5 heteroatoms. The van der Waals surface area contributed by atoms with Gasteiger partial charge in [-0.25, -0.2) is 4.39 Å². The van der Waals surface area contributed by atoms with Crippen LogP contribution in [0.2, 0.25) is 0 Å². The predicted molar refractivity (Wildman–Crippen MR) is 100.0 cm³/mol. The zero-order chi connectivity index (χ0) is 18.4. The first-order valence-electron chi connectivity index (χ1n) is 8.95. The molecule has 1 aromatic heterocycles. The van der Waals surface area contributed by atoms with Crippen LogP contribution in [0.15, 0.2) is 60.9 Å². The van der Waals surface area contributed by atoms with Crippen LogP contribution in [0.3, 0.4) is 0 Å². The Morgan fingerprint density at radius 2 is 1.96 bits per heavy atom. The van der Waals surface area contributed by atoms with Crippen molar-refractivity contribution in [1.29, 1.82) is 0 Å². The van der Waals surface area contributed by atoms with Crippen molar-refractivity contribution in [3.63, 3.8) is 0 Å². The molecule has 1 amide bonds. The van der Waals surface area contributed by atoms with Crippen molar-refractivity contribution >= 4 is 11.6 Å². The minimum absolute atomic E-state index is 0.0467. The Balaban J connectivity index is 1.34. The van der Waals surface area contributed by atoms with E-state index < -0.39 is 0 Å². The number of amides is 1. The molecule has 0 aliphatic carbocycles. The summed E-state index contributed by atoms with van der Waals surface area (Å²) >= 11 is 0. The number of hydrogen-bond acceptors (Lipinski definition) is 3. The molecule has 134 valence electrons. The molecule has 1 saturated heterocycles. The van der Waals surface area contributed by atoms with Crippen LogP contribution in [0.5, 0.6) is 5.75 Å². The smallest absolute Gasteiger partial charge is 0.232 e. The molecule has 0 saturated carbocycles. The summed E-state index contributed by atoms with van der Waals surface area (Å²) in [6.45, 7) is 1.15. The van der Waals surface area contributed by atoms with Crippen LogP contribution < -0.4 is 9.64 Å². The standard InChI is InChI=1S/C22H17FN2O2/c23-17-3-1-14(2-4-17)9-15-12-25(22(15)26)18-5-6-19-16(10-18)13-27-21-11-24-8-7-20(19)21/h1-8,10-11,15H,9,12-13H2. The third kappa shape index (κ3) is 2.76. The Bertz CT molecular complexity index is 1030. The largest absolute Gasteiger partial charge is 0.487 e. The van der Waals surface area contributed by atoms with Crippen LogP contribution in [0, 0.1) is 11.7 Å². The molecule has 1 unspecified atom stereocenters. The van der Waals surface area contributed by atoms with E-state index in [4.69, 9.17) is 4.74 Å². The second-order valence-electron chi connectivity index (χ2n) is 6.98. The van der Waals surface area contributed by atoms with Crippen molar-refractivity contribution in [2.24, 2.45) is 5.92 Å². The highest BCUT2D eigenvalue weighted by Gasteiger charge is 2.37. The molecule has 3 aromatic rings. The lowest BCUT2D eigenvalue weighted by atomic mass is 9.89. The number of hydrogen-bond donors (Lipinski definition) is 0. The molecule has 0 N–H and O–H groups in total. The van der Waals surface area contributed by atoms with Gasteiger partial charge >= 0.3 is 0 Å². The Labute approximate surface area is 156 Å². The summed E-state index contributed by atoms with van der Waals surface area (Å²) in [7, 11) is 0. The molecule has 5 rings (SSSR count). The molecular weight excluding hydrogens is 343 g/mol. The van der Waals surface area contributed by atoms with Crippen LogP contribution in [-0.4, -0.2) is 17.4 Å². The topological polar surface area (TPSA) is 42.4 Å². The number of halogens is 1. The summed E-state index contributed by atoms with van der Waals surface area (Å²) in [5.41, 5.74) is 5.11. The van der Waals surface area contributed by atoms with Crippen molar-refractivity contribution in [2.75, 3.05) is 11.4 Å². The summed E-state index contributed by atoms with van der Waals surface area (Å²) in [6.07, 6.45) is 4.12. The maximum absolute atomic E-state index is 13.0. The van der Waals surface area contributed by atoms with Crippen molar-refractivity contribution in [3.8, 4) is 16.9 Å². The monoisotopic (exact) mass is 360 g/mol. The van der Waals surface area contributed by atoms with Gasteiger partial charge < -0.3 is 9.64 Å². The van der Waals surface area contributed by atoms with Gasteiger partial charge in [0.15, 0.2) is 0 Å². The molecule has 2 aliphatic rings. The summed E-state index contributed by atoms with van der Waals surface area (Å²) in [5, 5.41) is 0. The fraction of sp³-hybridized carbons (Fsp3) is 0.182. The lowest BCUT2D eigenvalue weighted by Gasteiger charge is -2.39. The average Bonchev–Trinajstić information content (AvgIpc) is 2.71. The third-order valence-corrected chi connectivity index (χ3v) is 5.27. The van der Waals surface area contributed by atoms with E-state index >= 15 is 0 Å². The summed E-state index contributed by atoms with van der Waals surface area (Å²) in [5.74, 6) is 0.598.